The van der Waals surface area contributed by atoms with E-state index in [4.69, 9.17) is 19.3 Å². The van der Waals surface area contributed by atoms with Crippen molar-refractivity contribution in [1.29, 1.82) is 0 Å². The lowest BCUT2D eigenvalue weighted by Gasteiger charge is -2.14. The van der Waals surface area contributed by atoms with Gasteiger partial charge in [0.05, 0.1) is 19.1 Å². The van der Waals surface area contributed by atoms with Crippen molar-refractivity contribution in [2.45, 2.75) is 24.9 Å². The summed E-state index contributed by atoms with van der Waals surface area (Å²) in [6, 6.07) is 0. The Morgan fingerprint density at radius 2 is 2.46 bits per heavy atom. The van der Waals surface area contributed by atoms with Gasteiger partial charge in [0, 0.05) is 13.0 Å². The molecule has 2 rings (SSSR count). The van der Waals surface area contributed by atoms with Crippen molar-refractivity contribution < 1.29 is 24.1 Å². The van der Waals surface area contributed by atoms with Crippen LogP contribution in [0.2, 0.25) is 0 Å². The maximum atomic E-state index is 11.0. The van der Waals surface area contributed by atoms with E-state index in [0.717, 1.165) is 0 Å². The number of ether oxygens (including phenoxy) is 3. The van der Waals surface area contributed by atoms with Crippen LogP contribution < -0.4 is 0 Å². The van der Waals surface area contributed by atoms with E-state index in [-0.39, 0.29) is 30.7 Å². The molecule has 5 nitrogen and oxygen atoms in total. The third-order valence-corrected chi connectivity index (χ3v) is 2.56. The highest BCUT2D eigenvalue weighted by molar-refractivity contribution is 5.72. The third-order valence-electron chi connectivity index (χ3n) is 2.56. The van der Waals surface area contributed by atoms with Gasteiger partial charge in [-0.1, -0.05) is 0 Å². The minimum Gasteiger partial charge on any atom is -0.457 e. The zero-order chi connectivity index (χ0) is 9.42. The first kappa shape index (κ1) is 8.93. The Balaban J connectivity index is 2.11. The predicted molar refractivity (Wildman–Crippen MR) is 40.7 cm³/mol. The minimum absolute atomic E-state index is 0.0533. The fourth-order valence-corrected chi connectivity index (χ4v) is 1.92. The molecule has 1 N–H and O–H groups in total. The van der Waals surface area contributed by atoms with Crippen LogP contribution >= 0.6 is 0 Å². The number of hydrogen-bond acceptors (Lipinski definition) is 5. The zero-order valence-corrected chi connectivity index (χ0v) is 7.30. The molecule has 13 heavy (non-hydrogen) atoms. The molecule has 4 unspecified atom stereocenters. The molecule has 0 aromatic heterocycles. The number of aliphatic hydroxyl groups is 1. The number of esters is 1. The molecular weight excluding hydrogens is 176 g/mol. The summed E-state index contributed by atoms with van der Waals surface area (Å²) in [5.41, 5.74) is 0. The number of rotatable bonds is 2. The topological polar surface area (TPSA) is 65.0 Å². The first-order chi connectivity index (χ1) is 6.26. The Hall–Kier alpha value is -0.650. The summed E-state index contributed by atoms with van der Waals surface area (Å²) in [4.78, 5) is 11.0. The Morgan fingerprint density at radius 3 is 3.08 bits per heavy atom. The van der Waals surface area contributed by atoms with Gasteiger partial charge in [-0.05, 0) is 0 Å². The Kier molecular flexibility index (Phi) is 2.23. The molecule has 0 spiro atoms. The Bertz CT molecular complexity index is 197. The summed E-state index contributed by atoms with van der Waals surface area (Å²) < 4.78 is 15.3. The van der Waals surface area contributed by atoms with Gasteiger partial charge in [0.15, 0.2) is 12.4 Å². The molecular formula is C8H12O5. The van der Waals surface area contributed by atoms with E-state index in [1.165, 1.54) is 7.11 Å². The lowest BCUT2D eigenvalue weighted by Crippen LogP contribution is -2.26. The normalized spacial score (nSPS) is 43.4. The first-order valence-corrected chi connectivity index (χ1v) is 4.25. The SMILES string of the molecule is COC1OC(CO)C2CC(=O)OC12. The van der Waals surface area contributed by atoms with Crippen LogP contribution in [0.4, 0.5) is 0 Å². The number of carbonyl (C=O) groups is 1. The highest BCUT2D eigenvalue weighted by Crippen LogP contribution is 2.37. The average molecular weight is 188 g/mol. The highest BCUT2D eigenvalue weighted by atomic mass is 16.7. The van der Waals surface area contributed by atoms with Gasteiger partial charge in [0.1, 0.15) is 0 Å². The molecule has 74 valence electrons. The van der Waals surface area contributed by atoms with Crippen LogP contribution in [0.1, 0.15) is 6.42 Å². The summed E-state index contributed by atoms with van der Waals surface area (Å²) in [6.07, 6.45) is -0.875. The number of fused-ring (bicyclic) bond motifs is 1. The second kappa shape index (κ2) is 3.25. The maximum Gasteiger partial charge on any atom is 0.306 e. The number of methoxy groups -OCH3 is 1. The first-order valence-electron chi connectivity index (χ1n) is 4.25. The molecule has 0 aromatic rings. The largest absolute Gasteiger partial charge is 0.457 e. The standard InChI is InChI=1S/C8H12O5/c1-11-8-7-4(2-6(10)13-7)5(3-9)12-8/h4-5,7-9H,2-3H2,1H3. The van der Waals surface area contributed by atoms with E-state index in [0.29, 0.717) is 6.42 Å². The number of aliphatic hydroxyl groups excluding tert-OH is 1. The van der Waals surface area contributed by atoms with Gasteiger partial charge >= 0.3 is 5.97 Å². The number of carbonyl (C=O) groups excluding carboxylic acids is 1. The third kappa shape index (κ3) is 1.33. The molecule has 0 bridgehead atoms. The zero-order valence-electron chi connectivity index (χ0n) is 7.30. The van der Waals surface area contributed by atoms with E-state index in [2.05, 4.69) is 0 Å². The molecule has 2 aliphatic rings. The van der Waals surface area contributed by atoms with Crippen LogP contribution in [0.3, 0.4) is 0 Å². The minimum atomic E-state index is -0.520. The van der Waals surface area contributed by atoms with Crippen molar-refractivity contribution in [2.24, 2.45) is 5.92 Å². The second-order valence-electron chi connectivity index (χ2n) is 3.28. The van der Waals surface area contributed by atoms with E-state index in [1.54, 1.807) is 0 Å². The van der Waals surface area contributed by atoms with Crippen LogP contribution in [0.25, 0.3) is 0 Å². The van der Waals surface area contributed by atoms with Crippen LogP contribution in [0.5, 0.6) is 0 Å². The van der Waals surface area contributed by atoms with Gasteiger partial charge in [-0.2, -0.15) is 0 Å². The van der Waals surface area contributed by atoms with Crippen molar-refractivity contribution in [3.8, 4) is 0 Å². The van der Waals surface area contributed by atoms with Crippen LogP contribution in [-0.2, 0) is 19.0 Å². The van der Waals surface area contributed by atoms with E-state index in [9.17, 15) is 4.79 Å². The maximum absolute atomic E-state index is 11.0. The van der Waals surface area contributed by atoms with Crippen molar-refractivity contribution in [3.05, 3.63) is 0 Å². The molecule has 2 fully saturated rings. The molecule has 5 heteroatoms. The van der Waals surface area contributed by atoms with Crippen molar-refractivity contribution in [2.75, 3.05) is 13.7 Å². The Morgan fingerprint density at radius 1 is 1.69 bits per heavy atom. The summed E-state index contributed by atoms with van der Waals surface area (Å²) in [6.45, 7) is -0.0995. The monoisotopic (exact) mass is 188 g/mol. The van der Waals surface area contributed by atoms with Crippen molar-refractivity contribution >= 4 is 5.97 Å². The average Bonchev–Trinajstić information content (AvgIpc) is 2.61. The van der Waals surface area contributed by atoms with E-state index in [1.807, 2.05) is 0 Å². The summed E-state index contributed by atoms with van der Waals surface area (Å²) >= 11 is 0. The number of hydrogen-bond donors (Lipinski definition) is 1. The second-order valence-corrected chi connectivity index (χ2v) is 3.28. The molecule has 0 radical (unpaired) electrons. The fourth-order valence-electron chi connectivity index (χ4n) is 1.92. The molecule has 0 amide bonds. The van der Waals surface area contributed by atoms with E-state index < -0.39 is 6.29 Å². The molecule has 0 aliphatic carbocycles. The van der Waals surface area contributed by atoms with Crippen LogP contribution in [0, 0.1) is 5.92 Å². The quantitative estimate of drug-likeness (QED) is 0.579. The molecule has 0 aromatic carbocycles. The molecule has 2 heterocycles. The smallest absolute Gasteiger partial charge is 0.306 e. The van der Waals surface area contributed by atoms with Gasteiger partial charge in [-0.25, -0.2) is 0 Å². The fraction of sp³-hybridized carbons (Fsp3) is 0.875. The summed E-state index contributed by atoms with van der Waals surface area (Å²) in [7, 11) is 1.49. The molecule has 0 saturated carbocycles. The summed E-state index contributed by atoms with van der Waals surface area (Å²) in [5, 5.41) is 8.97. The van der Waals surface area contributed by atoms with Crippen LogP contribution in [0.15, 0.2) is 0 Å². The van der Waals surface area contributed by atoms with Gasteiger partial charge in [0.25, 0.3) is 0 Å². The van der Waals surface area contributed by atoms with Crippen molar-refractivity contribution in [1.82, 2.24) is 0 Å². The van der Waals surface area contributed by atoms with Crippen LogP contribution in [-0.4, -0.2) is 43.3 Å². The van der Waals surface area contributed by atoms with Gasteiger partial charge < -0.3 is 19.3 Å². The lowest BCUT2D eigenvalue weighted by atomic mass is 9.98. The van der Waals surface area contributed by atoms with Gasteiger partial charge in [0.2, 0.25) is 0 Å². The molecule has 4 atom stereocenters. The molecule has 2 saturated heterocycles. The lowest BCUT2D eigenvalue weighted by molar-refractivity contribution is -0.176. The van der Waals surface area contributed by atoms with Gasteiger partial charge in [-0.15, -0.1) is 0 Å². The van der Waals surface area contributed by atoms with Crippen molar-refractivity contribution in [3.63, 3.8) is 0 Å². The molecule has 2 aliphatic heterocycles. The van der Waals surface area contributed by atoms with E-state index >= 15 is 0 Å². The highest BCUT2D eigenvalue weighted by Gasteiger charge is 2.51. The predicted octanol–water partition coefficient (Wildman–Crippen LogP) is -0.718. The summed E-state index contributed by atoms with van der Waals surface area (Å²) in [5.74, 6) is -0.291. The van der Waals surface area contributed by atoms with Gasteiger partial charge in [-0.3, -0.25) is 4.79 Å². The Labute approximate surface area is 75.6 Å².